The van der Waals surface area contributed by atoms with Crippen LogP contribution in [0.5, 0.6) is 0 Å². The molecule has 2 aliphatic rings. The summed E-state index contributed by atoms with van der Waals surface area (Å²) in [4.78, 5) is 12.5. The molecule has 1 saturated carbocycles. The standard InChI is InChI=1S/C16H16O/c17-16-14-9-5-4-8-13(14)10-11-15(16)12-6-2-1-3-7-12/h1-7,9,13,15H,8,10-11H2. The van der Waals surface area contributed by atoms with Gasteiger partial charge in [-0.3, -0.25) is 4.79 Å². The third-order valence-electron chi connectivity index (χ3n) is 3.88. The van der Waals surface area contributed by atoms with Gasteiger partial charge in [-0.05, 0) is 36.3 Å². The van der Waals surface area contributed by atoms with Gasteiger partial charge in [0.1, 0.15) is 0 Å². The average molecular weight is 224 g/mol. The fourth-order valence-corrected chi connectivity index (χ4v) is 2.94. The molecule has 1 aromatic carbocycles. The Hall–Kier alpha value is -1.63. The van der Waals surface area contributed by atoms with Crippen molar-refractivity contribution in [2.75, 3.05) is 0 Å². The summed E-state index contributed by atoms with van der Waals surface area (Å²) in [5.74, 6) is 0.912. The predicted octanol–water partition coefficient (Wildman–Crippen LogP) is 3.64. The van der Waals surface area contributed by atoms with Crippen LogP contribution in [0.1, 0.15) is 30.7 Å². The van der Waals surface area contributed by atoms with Crippen LogP contribution in [-0.2, 0) is 4.79 Å². The third kappa shape index (κ3) is 1.86. The summed E-state index contributed by atoms with van der Waals surface area (Å²) in [6, 6.07) is 10.2. The monoisotopic (exact) mass is 224 g/mol. The first-order valence-electron chi connectivity index (χ1n) is 6.32. The fourth-order valence-electron chi connectivity index (χ4n) is 2.94. The number of allylic oxidation sites excluding steroid dienone is 4. The molecule has 86 valence electrons. The van der Waals surface area contributed by atoms with Gasteiger partial charge in [-0.25, -0.2) is 0 Å². The van der Waals surface area contributed by atoms with Gasteiger partial charge in [0.15, 0.2) is 5.78 Å². The average Bonchev–Trinajstić information content (AvgIpc) is 2.40. The van der Waals surface area contributed by atoms with Gasteiger partial charge in [0, 0.05) is 5.92 Å². The van der Waals surface area contributed by atoms with E-state index in [2.05, 4.69) is 18.2 Å². The van der Waals surface area contributed by atoms with E-state index in [0.717, 1.165) is 24.8 Å². The van der Waals surface area contributed by atoms with E-state index >= 15 is 0 Å². The van der Waals surface area contributed by atoms with Crippen LogP contribution in [-0.4, -0.2) is 5.78 Å². The third-order valence-corrected chi connectivity index (χ3v) is 3.88. The minimum atomic E-state index is 0.0881. The van der Waals surface area contributed by atoms with Gasteiger partial charge < -0.3 is 0 Å². The van der Waals surface area contributed by atoms with E-state index in [0.29, 0.717) is 11.7 Å². The number of fused-ring (bicyclic) bond motifs is 1. The molecule has 0 N–H and O–H groups in total. The molecule has 2 unspecified atom stereocenters. The van der Waals surface area contributed by atoms with Crippen LogP contribution in [0.2, 0.25) is 0 Å². The van der Waals surface area contributed by atoms with E-state index in [1.165, 1.54) is 5.56 Å². The fraction of sp³-hybridized carbons (Fsp3) is 0.312. The van der Waals surface area contributed by atoms with E-state index in [1.807, 2.05) is 30.4 Å². The Morgan fingerprint density at radius 3 is 2.71 bits per heavy atom. The van der Waals surface area contributed by atoms with Crippen molar-refractivity contribution in [2.24, 2.45) is 5.92 Å². The molecule has 2 atom stereocenters. The highest BCUT2D eigenvalue weighted by Gasteiger charge is 2.33. The number of hydrogen-bond acceptors (Lipinski definition) is 1. The summed E-state index contributed by atoms with van der Waals surface area (Å²) < 4.78 is 0. The Kier molecular flexibility index (Phi) is 2.68. The van der Waals surface area contributed by atoms with Crippen LogP contribution < -0.4 is 0 Å². The smallest absolute Gasteiger partial charge is 0.166 e. The highest BCUT2D eigenvalue weighted by Crippen LogP contribution is 2.39. The van der Waals surface area contributed by atoms with Gasteiger partial charge >= 0.3 is 0 Å². The van der Waals surface area contributed by atoms with Crippen LogP contribution in [0, 0.1) is 5.92 Å². The molecule has 1 aromatic rings. The topological polar surface area (TPSA) is 17.1 Å². The summed E-state index contributed by atoms with van der Waals surface area (Å²) in [7, 11) is 0. The van der Waals surface area contributed by atoms with Crippen LogP contribution >= 0.6 is 0 Å². The lowest BCUT2D eigenvalue weighted by molar-refractivity contribution is -0.118. The van der Waals surface area contributed by atoms with E-state index in [1.54, 1.807) is 0 Å². The van der Waals surface area contributed by atoms with Gasteiger partial charge in [0.05, 0.1) is 0 Å². The summed E-state index contributed by atoms with van der Waals surface area (Å²) >= 11 is 0. The highest BCUT2D eigenvalue weighted by atomic mass is 16.1. The number of rotatable bonds is 1. The lowest BCUT2D eigenvalue weighted by Crippen LogP contribution is -2.27. The Labute approximate surface area is 102 Å². The van der Waals surface area contributed by atoms with Crippen molar-refractivity contribution < 1.29 is 4.79 Å². The SMILES string of the molecule is O=C1C2=CC=CCC2CCC1c1ccccc1. The zero-order chi connectivity index (χ0) is 11.7. The number of hydrogen-bond donors (Lipinski definition) is 0. The van der Waals surface area contributed by atoms with Gasteiger partial charge in [-0.2, -0.15) is 0 Å². The largest absolute Gasteiger partial charge is 0.294 e. The van der Waals surface area contributed by atoms with Gasteiger partial charge in [-0.15, -0.1) is 0 Å². The molecule has 0 amide bonds. The minimum absolute atomic E-state index is 0.0881. The second-order valence-electron chi connectivity index (χ2n) is 4.89. The summed E-state index contributed by atoms with van der Waals surface area (Å²) in [5, 5.41) is 0. The summed E-state index contributed by atoms with van der Waals surface area (Å²) in [6.45, 7) is 0. The molecule has 1 fully saturated rings. The quantitative estimate of drug-likeness (QED) is 0.711. The molecule has 0 aromatic heterocycles. The molecule has 1 heteroatoms. The zero-order valence-corrected chi connectivity index (χ0v) is 9.80. The second-order valence-corrected chi connectivity index (χ2v) is 4.89. The van der Waals surface area contributed by atoms with Crippen LogP contribution in [0.15, 0.2) is 54.1 Å². The normalized spacial score (nSPS) is 27.5. The number of Topliss-reactive ketones (excluding diaryl/α,β-unsaturated/α-hetero) is 1. The van der Waals surface area contributed by atoms with Crippen LogP contribution in [0.25, 0.3) is 0 Å². The van der Waals surface area contributed by atoms with E-state index in [9.17, 15) is 4.79 Å². The highest BCUT2D eigenvalue weighted by molar-refractivity contribution is 6.02. The maximum Gasteiger partial charge on any atom is 0.166 e. The number of carbonyl (C=O) groups excluding carboxylic acids is 1. The summed E-state index contributed by atoms with van der Waals surface area (Å²) in [6.07, 6.45) is 9.40. The van der Waals surface area contributed by atoms with Gasteiger partial charge in [0.25, 0.3) is 0 Å². The molecule has 3 rings (SSSR count). The second kappa shape index (κ2) is 4.33. The van der Waals surface area contributed by atoms with Gasteiger partial charge in [-0.1, -0.05) is 48.6 Å². The number of carbonyl (C=O) groups is 1. The maximum atomic E-state index is 12.5. The van der Waals surface area contributed by atoms with Crippen molar-refractivity contribution in [3.05, 3.63) is 59.7 Å². The molecule has 0 saturated heterocycles. The zero-order valence-electron chi connectivity index (χ0n) is 9.80. The van der Waals surface area contributed by atoms with E-state index < -0.39 is 0 Å². The van der Waals surface area contributed by atoms with E-state index in [4.69, 9.17) is 0 Å². The lowest BCUT2D eigenvalue weighted by Gasteiger charge is -2.31. The Balaban J connectivity index is 1.92. The molecule has 0 aliphatic heterocycles. The van der Waals surface area contributed by atoms with Crippen molar-refractivity contribution in [3.8, 4) is 0 Å². The predicted molar refractivity (Wildman–Crippen MR) is 68.8 cm³/mol. The first-order valence-corrected chi connectivity index (χ1v) is 6.32. The Bertz CT molecular complexity index is 482. The molecule has 0 radical (unpaired) electrons. The van der Waals surface area contributed by atoms with Crippen LogP contribution in [0.4, 0.5) is 0 Å². The molecule has 1 nitrogen and oxygen atoms in total. The first kappa shape index (κ1) is 10.5. The van der Waals surface area contributed by atoms with Crippen molar-refractivity contribution in [3.63, 3.8) is 0 Å². The van der Waals surface area contributed by atoms with Crippen molar-refractivity contribution >= 4 is 5.78 Å². The Morgan fingerprint density at radius 1 is 1.06 bits per heavy atom. The van der Waals surface area contributed by atoms with Crippen molar-refractivity contribution in [2.45, 2.75) is 25.2 Å². The maximum absolute atomic E-state index is 12.5. The molecule has 0 spiro atoms. The van der Waals surface area contributed by atoms with Crippen molar-refractivity contribution in [1.29, 1.82) is 0 Å². The molecule has 0 bridgehead atoms. The molecule has 17 heavy (non-hydrogen) atoms. The first-order chi connectivity index (χ1) is 8.36. The molecule has 0 heterocycles. The van der Waals surface area contributed by atoms with Gasteiger partial charge in [0.2, 0.25) is 0 Å². The van der Waals surface area contributed by atoms with E-state index in [-0.39, 0.29) is 5.92 Å². The molecular formula is C16H16O. The number of ketones is 1. The molecule has 2 aliphatic carbocycles. The Morgan fingerprint density at radius 2 is 1.88 bits per heavy atom. The molecular weight excluding hydrogens is 208 g/mol. The number of benzene rings is 1. The van der Waals surface area contributed by atoms with Crippen LogP contribution in [0.3, 0.4) is 0 Å². The van der Waals surface area contributed by atoms with Crippen molar-refractivity contribution in [1.82, 2.24) is 0 Å². The summed E-state index contributed by atoms with van der Waals surface area (Å²) in [5.41, 5.74) is 2.22. The lowest BCUT2D eigenvalue weighted by atomic mass is 9.72. The minimum Gasteiger partial charge on any atom is -0.294 e.